The minimum atomic E-state index is -1.08. The van der Waals surface area contributed by atoms with Gasteiger partial charge >= 0.3 is 0 Å². The highest BCUT2D eigenvalue weighted by atomic mass is 16.7. The Bertz CT molecular complexity index is 343. The number of aryl methyl sites for hydroxylation is 2. The van der Waals surface area contributed by atoms with Gasteiger partial charge in [0.05, 0.1) is 5.69 Å². The Morgan fingerprint density at radius 2 is 2.06 bits per heavy atom. The first-order chi connectivity index (χ1) is 7.40. The first-order valence-corrected chi connectivity index (χ1v) is 5.18. The van der Waals surface area contributed by atoms with E-state index in [1.165, 1.54) is 14.2 Å². The molecule has 1 heterocycles. The normalized spacial score (nSPS) is 15.4. The molecule has 1 unspecified atom stereocenters. The van der Waals surface area contributed by atoms with E-state index in [0.717, 1.165) is 11.4 Å². The molecule has 1 rings (SSSR count). The molecule has 92 valence electrons. The fourth-order valence-electron chi connectivity index (χ4n) is 1.88. The third-order valence-corrected chi connectivity index (χ3v) is 2.57. The maximum absolute atomic E-state index is 10.3. The van der Waals surface area contributed by atoms with Crippen molar-refractivity contribution < 1.29 is 14.6 Å². The van der Waals surface area contributed by atoms with Crippen LogP contribution in [0.2, 0.25) is 0 Å². The van der Waals surface area contributed by atoms with Crippen molar-refractivity contribution in [3.8, 4) is 0 Å². The summed E-state index contributed by atoms with van der Waals surface area (Å²) >= 11 is 0. The van der Waals surface area contributed by atoms with Crippen LogP contribution in [0.5, 0.6) is 0 Å². The van der Waals surface area contributed by atoms with Crippen LogP contribution in [0.25, 0.3) is 0 Å². The van der Waals surface area contributed by atoms with Crippen molar-refractivity contribution in [1.82, 2.24) is 9.78 Å². The lowest BCUT2D eigenvalue weighted by Gasteiger charge is -2.30. The second kappa shape index (κ2) is 4.95. The molecule has 0 bridgehead atoms. The summed E-state index contributed by atoms with van der Waals surface area (Å²) in [4.78, 5) is 0. The van der Waals surface area contributed by atoms with E-state index < -0.39 is 11.9 Å². The lowest BCUT2D eigenvalue weighted by atomic mass is 9.99. The molecule has 0 amide bonds. The van der Waals surface area contributed by atoms with Crippen molar-refractivity contribution in [2.75, 3.05) is 14.2 Å². The van der Waals surface area contributed by atoms with E-state index in [0.29, 0.717) is 6.42 Å². The molecule has 5 heteroatoms. The van der Waals surface area contributed by atoms with Crippen molar-refractivity contribution >= 4 is 0 Å². The van der Waals surface area contributed by atoms with Gasteiger partial charge < -0.3 is 14.6 Å². The Balaban J connectivity index is 2.82. The Labute approximate surface area is 96.0 Å². The number of ether oxygens (including phenoxy) is 2. The Morgan fingerprint density at radius 3 is 2.44 bits per heavy atom. The molecule has 0 radical (unpaired) electrons. The molecule has 16 heavy (non-hydrogen) atoms. The highest BCUT2D eigenvalue weighted by Gasteiger charge is 2.33. The first kappa shape index (κ1) is 13.2. The largest absolute Gasteiger partial charge is 0.384 e. The lowest BCUT2D eigenvalue weighted by molar-refractivity contribution is -0.207. The van der Waals surface area contributed by atoms with Gasteiger partial charge in [-0.25, -0.2) is 0 Å². The minimum Gasteiger partial charge on any atom is -0.384 e. The van der Waals surface area contributed by atoms with Gasteiger partial charge in [-0.2, -0.15) is 5.10 Å². The summed E-state index contributed by atoms with van der Waals surface area (Å²) in [5.41, 5.74) is 0.797. The molecule has 0 saturated carbocycles. The van der Waals surface area contributed by atoms with Gasteiger partial charge in [-0.1, -0.05) is 0 Å². The van der Waals surface area contributed by atoms with Gasteiger partial charge in [0.2, 0.25) is 0 Å². The zero-order valence-electron chi connectivity index (χ0n) is 10.5. The van der Waals surface area contributed by atoms with Crippen LogP contribution in [0.15, 0.2) is 6.07 Å². The molecule has 1 aromatic rings. The molecule has 0 spiro atoms. The molecule has 0 aromatic carbocycles. The van der Waals surface area contributed by atoms with E-state index in [-0.39, 0.29) is 0 Å². The van der Waals surface area contributed by atoms with Crippen molar-refractivity contribution in [2.24, 2.45) is 7.05 Å². The molecule has 1 aromatic heterocycles. The molecular weight excluding hydrogens is 208 g/mol. The van der Waals surface area contributed by atoms with Crippen LogP contribution < -0.4 is 0 Å². The molecule has 0 fully saturated rings. The Kier molecular flexibility index (Phi) is 4.07. The number of methoxy groups -OCH3 is 2. The van der Waals surface area contributed by atoms with Crippen LogP contribution >= 0.6 is 0 Å². The Hall–Kier alpha value is -0.910. The van der Waals surface area contributed by atoms with E-state index >= 15 is 0 Å². The SMILES string of the molecule is COC(OC)C(C)(O)Cc1cc(C)nn1C. The highest BCUT2D eigenvalue weighted by molar-refractivity contribution is 5.11. The summed E-state index contributed by atoms with van der Waals surface area (Å²) in [6.07, 6.45) is -0.223. The monoisotopic (exact) mass is 228 g/mol. The average molecular weight is 228 g/mol. The van der Waals surface area contributed by atoms with E-state index in [4.69, 9.17) is 9.47 Å². The van der Waals surface area contributed by atoms with Gasteiger partial charge in [-0.3, -0.25) is 4.68 Å². The smallest absolute Gasteiger partial charge is 0.185 e. The van der Waals surface area contributed by atoms with Gasteiger partial charge in [0.1, 0.15) is 5.60 Å². The maximum Gasteiger partial charge on any atom is 0.185 e. The molecule has 0 aliphatic carbocycles. The summed E-state index contributed by atoms with van der Waals surface area (Å²) in [5, 5.41) is 14.5. The zero-order chi connectivity index (χ0) is 12.3. The van der Waals surface area contributed by atoms with Crippen LogP contribution in [-0.2, 0) is 22.9 Å². The molecule has 1 atom stereocenters. The predicted molar refractivity (Wildman–Crippen MR) is 60.1 cm³/mol. The van der Waals surface area contributed by atoms with Crippen molar-refractivity contribution in [2.45, 2.75) is 32.2 Å². The van der Waals surface area contributed by atoms with Gasteiger partial charge in [0, 0.05) is 33.4 Å². The molecular formula is C11H20N2O3. The number of aromatic nitrogens is 2. The molecule has 1 N–H and O–H groups in total. The third-order valence-electron chi connectivity index (χ3n) is 2.57. The number of nitrogens with zero attached hydrogens (tertiary/aromatic N) is 2. The van der Waals surface area contributed by atoms with Gasteiger partial charge in [-0.15, -0.1) is 0 Å². The van der Waals surface area contributed by atoms with Crippen LogP contribution in [0.3, 0.4) is 0 Å². The van der Waals surface area contributed by atoms with E-state index in [2.05, 4.69) is 5.10 Å². The topological polar surface area (TPSA) is 56.5 Å². The average Bonchev–Trinajstić information content (AvgIpc) is 2.45. The zero-order valence-corrected chi connectivity index (χ0v) is 10.5. The van der Waals surface area contributed by atoms with E-state index in [9.17, 15) is 5.11 Å². The van der Waals surface area contributed by atoms with Gasteiger partial charge in [-0.05, 0) is 19.9 Å². The van der Waals surface area contributed by atoms with Crippen molar-refractivity contribution in [3.63, 3.8) is 0 Å². The van der Waals surface area contributed by atoms with E-state index in [1.807, 2.05) is 20.0 Å². The minimum absolute atomic E-state index is 0.427. The number of rotatable bonds is 5. The molecule has 5 nitrogen and oxygen atoms in total. The third kappa shape index (κ3) is 2.81. The first-order valence-electron chi connectivity index (χ1n) is 5.18. The summed E-state index contributed by atoms with van der Waals surface area (Å²) in [6.45, 7) is 3.61. The predicted octanol–water partition coefficient (Wildman–Crippen LogP) is 0.641. The van der Waals surface area contributed by atoms with Gasteiger partial charge in [0.25, 0.3) is 0 Å². The van der Waals surface area contributed by atoms with Gasteiger partial charge in [0.15, 0.2) is 6.29 Å². The Morgan fingerprint density at radius 1 is 1.50 bits per heavy atom. The fraction of sp³-hybridized carbons (Fsp3) is 0.727. The number of aliphatic hydroxyl groups is 1. The number of hydrogen-bond donors (Lipinski definition) is 1. The van der Waals surface area contributed by atoms with E-state index in [1.54, 1.807) is 11.6 Å². The number of hydrogen-bond acceptors (Lipinski definition) is 4. The highest BCUT2D eigenvalue weighted by Crippen LogP contribution is 2.20. The second-order valence-electron chi connectivity index (χ2n) is 4.24. The molecule has 0 aliphatic rings. The standard InChI is InChI=1S/C11H20N2O3/c1-8-6-9(13(3)12-8)7-11(2,14)10(15-4)16-5/h6,10,14H,7H2,1-5H3. The molecule has 0 saturated heterocycles. The van der Waals surface area contributed by atoms with Crippen molar-refractivity contribution in [1.29, 1.82) is 0 Å². The molecule has 0 aliphatic heterocycles. The van der Waals surface area contributed by atoms with Crippen LogP contribution in [0.1, 0.15) is 18.3 Å². The van der Waals surface area contributed by atoms with Crippen LogP contribution in [0, 0.1) is 6.92 Å². The van der Waals surface area contributed by atoms with Crippen molar-refractivity contribution in [3.05, 3.63) is 17.5 Å². The van der Waals surface area contributed by atoms with Crippen LogP contribution in [-0.4, -0.2) is 41.0 Å². The summed E-state index contributed by atoms with van der Waals surface area (Å²) in [7, 11) is 4.88. The lowest BCUT2D eigenvalue weighted by Crippen LogP contribution is -2.44. The summed E-state index contributed by atoms with van der Waals surface area (Å²) in [6, 6.07) is 1.94. The quantitative estimate of drug-likeness (QED) is 0.751. The summed E-state index contributed by atoms with van der Waals surface area (Å²) in [5.74, 6) is 0. The fourth-order valence-corrected chi connectivity index (χ4v) is 1.88. The second-order valence-corrected chi connectivity index (χ2v) is 4.24. The van der Waals surface area contributed by atoms with Crippen LogP contribution in [0.4, 0.5) is 0 Å². The maximum atomic E-state index is 10.3. The summed E-state index contributed by atoms with van der Waals surface area (Å²) < 4.78 is 11.9.